The van der Waals surface area contributed by atoms with Gasteiger partial charge in [0.05, 0.1) is 0 Å². The number of halogens is 3. The molecule has 1 N–H and O–H groups in total. The molecule has 0 spiro atoms. The quantitative estimate of drug-likeness (QED) is 0.848. The van der Waals surface area contributed by atoms with E-state index in [1.165, 1.54) is 11.8 Å². The van der Waals surface area contributed by atoms with E-state index in [0.717, 1.165) is 45.4 Å². The second kappa shape index (κ2) is 8.21. The molecule has 1 fully saturated rings. The van der Waals surface area contributed by atoms with Crippen LogP contribution in [0.15, 0.2) is 30.7 Å². The maximum absolute atomic E-state index is 12.8. The topological polar surface area (TPSA) is 46.0 Å². The minimum Gasteiger partial charge on any atom is -0.334 e. The highest BCUT2D eigenvalue weighted by Gasteiger charge is 2.35. The zero-order chi connectivity index (χ0) is 19.6. The van der Waals surface area contributed by atoms with E-state index < -0.39 is 11.9 Å². The van der Waals surface area contributed by atoms with E-state index in [2.05, 4.69) is 26.3 Å². The molecule has 1 atom stereocenters. The summed E-state index contributed by atoms with van der Waals surface area (Å²) in [7, 11) is 0. The summed E-state index contributed by atoms with van der Waals surface area (Å²) in [4.78, 5) is 10.4. The van der Waals surface area contributed by atoms with Crippen LogP contribution in [0.25, 0.3) is 0 Å². The van der Waals surface area contributed by atoms with Crippen LogP contribution in [0.1, 0.15) is 36.3 Å². The summed E-state index contributed by atoms with van der Waals surface area (Å²) in [6.07, 6.45) is 4.22. The first-order valence-electron chi connectivity index (χ1n) is 9.95. The Balaban J connectivity index is 1.21. The normalized spacial score (nSPS) is 21.6. The van der Waals surface area contributed by atoms with E-state index in [9.17, 15) is 13.2 Å². The van der Waals surface area contributed by atoms with E-state index in [1.54, 1.807) is 10.8 Å². The largest absolute Gasteiger partial charge is 0.434 e. The van der Waals surface area contributed by atoms with Gasteiger partial charge in [-0.25, -0.2) is 4.98 Å². The predicted molar refractivity (Wildman–Crippen MR) is 99.6 cm³/mol. The van der Waals surface area contributed by atoms with Gasteiger partial charge in [-0.1, -0.05) is 6.07 Å². The van der Waals surface area contributed by atoms with Crippen LogP contribution in [0.2, 0.25) is 0 Å². The number of likely N-dealkylation sites (tertiary alicyclic amines) is 1. The van der Waals surface area contributed by atoms with Crippen molar-refractivity contribution in [2.75, 3.05) is 19.6 Å². The fourth-order valence-electron chi connectivity index (χ4n) is 4.20. The standard InChI is InChI=1S/C20H26F3N5/c21-20(22,23)18-14-28-13-16(3-4-19(28)26-18)11-25-17-5-8-27(9-6-17)12-15-2-1-7-24-10-15/h1-2,7,10,14,16-17,25H,3-6,8-9,11-13H2/t16-/m0/s1. The van der Waals surface area contributed by atoms with Gasteiger partial charge >= 0.3 is 6.18 Å². The first-order valence-corrected chi connectivity index (χ1v) is 9.95. The van der Waals surface area contributed by atoms with Gasteiger partial charge in [0.2, 0.25) is 0 Å². The smallest absolute Gasteiger partial charge is 0.334 e. The number of nitrogens with one attached hydrogen (secondary N) is 1. The fourth-order valence-corrected chi connectivity index (χ4v) is 4.20. The zero-order valence-electron chi connectivity index (χ0n) is 15.8. The Morgan fingerprint density at radius 1 is 1.18 bits per heavy atom. The summed E-state index contributed by atoms with van der Waals surface area (Å²) in [5.41, 5.74) is 0.475. The molecule has 0 amide bonds. The Morgan fingerprint density at radius 3 is 2.71 bits per heavy atom. The fraction of sp³-hybridized carbons (Fsp3) is 0.600. The number of piperidine rings is 1. The average molecular weight is 393 g/mol. The van der Waals surface area contributed by atoms with Crippen LogP contribution < -0.4 is 5.32 Å². The molecule has 0 aromatic carbocycles. The van der Waals surface area contributed by atoms with Crippen LogP contribution in [0, 0.1) is 5.92 Å². The van der Waals surface area contributed by atoms with Crippen molar-refractivity contribution < 1.29 is 13.2 Å². The first kappa shape index (κ1) is 19.4. The number of nitrogens with zero attached hydrogens (tertiary/aromatic N) is 4. The van der Waals surface area contributed by atoms with Gasteiger partial charge in [0.15, 0.2) is 5.69 Å². The highest BCUT2D eigenvalue weighted by atomic mass is 19.4. The molecule has 0 saturated carbocycles. The Labute approximate surface area is 163 Å². The van der Waals surface area contributed by atoms with Crippen molar-refractivity contribution >= 4 is 0 Å². The minimum absolute atomic E-state index is 0.358. The molecular weight excluding hydrogens is 367 g/mol. The van der Waals surface area contributed by atoms with Gasteiger partial charge in [-0.15, -0.1) is 0 Å². The van der Waals surface area contributed by atoms with Crippen LogP contribution in [-0.2, 0) is 25.7 Å². The number of alkyl halides is 3. The summed E-state index contributed by atoms with van der Waals surface area (Å²) in [5, 5.41) is 3.65. The third kappa shape index (κ3) is 4.72. The highest BCUT2D eigenvalue weighted by molar-refractivity contribution is 5.10. The lowest BCUT2D eigenvalue weighted by molar-refractivity contribution is -0.141. The lowest BCUT2D eigenvalue weighted by atomic mass is 9.97. The van der Waals surface area contributed by atoms with Crippen LogP contribution in [0.3, 0.4) is 0 Å². The molecule has 28 heavy (non-hydrogen) atoms. The van der Waals surface area contributed by atoms with Crippen LogP contribution >= 0.6 is 0 Å². The van der Waals surface area contributed by atoms with Crippen molar-refractivity contribution in [3.63, 3.8) is 0 Å². The van der Waals surface area contributed by atoms with Crippen molar-refractivity contribution in [3.05, 3.63) is 47.8 Å². The maximum atomic E-state index is 12.8. The molecule has 0 radical (unpaired) electrons. The number of hydrogen-bond acceptors (Lipinski definition) is 4. The van der Waals surface area contributed by atoms with Crippen LogP contribution in [0.5, 0.6) is 0 Å². The summed E-state index contributed by atoms with van der Waals surface area (Å²) in [6, 6.07) is 4.56. The molecule has 2 aliphatic heterocycles. The molecule has 152 valence electrons. The molecule has 0 aliphatic carbocycles. The van der Waals surface area contributed by atoms with Crippen molar-refractivity contribution in [1.29, 1.82) is 0 Å². The molecule has 1 saturated heterocycles. The second-order valence-corrected chi connectivity index (χ2v) is 7.92. The summed E-state index contributed by atoms with van der Waals surface area (Å²) >= 11 is 0. The summed E-state index contributed by atoms with van der Waals surface area (Å²) in [6.45, 7) is 4.52. The molecule has 4 rings (SSSR count). The Morgan fingerprint density at radius 2 is 2.00 bits per heavy atom. The van der Waals surface area contributed by atoms with Gasteiger partial charge < -0.3 is 9.88 Å². The zero-order valence-corrected chi connectivity index (χ0v) is 15.8. The number of imidazole rings is 1. The third-order valence-corrected chi connectivity index (χ3v) is 5.79. The van der Waals surface area contributed by atoms with Crippen LogP contribution in [0.4, 0.5) is 13.2 Å². The molecule has 0 unspecified atom stereocenters. The molecule has 2 aromatic rings. The van der Waals surface area contributed by atoms with E-state index in [0.29, 0.717) is 30.7 Å². The van der Waals surface area contributed by atoms with E-state index in [4.69, 9.17) is 0 Å². The highest BCUT2D eigenvalue weighted by Crippen LogP contribution is 2.30. The van der Waals surface area contributed by atoms with Crippen molar-refractivity contribution in [3.8, 4) is 0 Å². The van der Waals surface area contributed by atoms with E-state index in [-0.39, 0.29) is 0 Å². The number of aromatic nitrogens is 3. The molecule has 4 heterocycles. The Bertz CT molecular complexity index is 766. The van der Waals surface area contributed by atoms with Gasteiger partial charge in [-0.2, -0.15) is 13.2 Å². The minimum atomic E-state index is -4.36. The molecule has 0 bridgehead atoms. The molecular formula is C20H26F3N5. The van der Waals surface area contributed by atoms with E-state index in [1.807, 2.05) is 12.3 Å². The second-order valence-electron chi connectivity index (χ2n) is 7.92. The Hall–Kier alpha value is -1.93. The monoisotopic (exact) mass is 393 g/mol. The summed E-state index contributed by atoms with van der Waals surface area (Å²) in [5.74, 6) is 0.920. The summed E-state index contributed by atoms with van der Waals surface area (Å²) < 4.78 is 40.2. The number of hydrogen-bond donors (Lipinski definition) is 1. The predicted octanol–water partition coefficient (Wildman–Crippen LogP) is 3.11. The third-order valence-electron chi connectivity index (χ3n) is 5.79. The molecule has 5 nitrogen and oxygen atoms in total. The lowest BCUT2D eigenvalue weighted by Crippen LogP contribution is -2.44. The van der Waals surface area contributed by atoms with Crippen LogP contribution in [-0.4, -0.2) is 45.1 Å². The van der Waals surface area contributed by atoms with Gasteiger partial charge in [-0.3, -0.25) is 9.88 Å². The number of rotatable bonds is 5. The molecule has 2 aromatic heterocycles. The van der Waals surface area contributed by atoms with Gasteiger partial charge in [0, 0.05) is 44.1 Å². The van der Waals surface area contributed by atoms with Crippen molar-refractivity contribution in [1.82, 2.24) is 24.8 Å². The van der Waals surface area contributed by atoms with E-state index >= 15 is 0 Å². The number of fused-ring (bicyclic) bond motifs is 1. The average Bonchev–Trinajstić information content (AvgIpc) is 3.12. The van der Waals surface area contributed by atoms with Gasteiger partial charge in [-0.05, 0) is 56.4 Å². The van der Waals surface area contributed by atoms with Crippen molar-refractivity contribution in [2.45, 2.75) is 51.0 Å². The van der Waals surface area contributed by atoms with Gasteiger partial charge in [0.25, 0.3) is 0 Å². The maximum Gasteiger partial charge on any atom is 0.434 e. The SMILES string of the molecule is FC(F)(F)c1cn2c(n1)CC[C@@H](CNC1CCN(Cc3cccnc3)CC1)C2. The lowest BCUT2D eigenvalue weighted by Gasteiger charge is -2.33. The molecule has 2 aliphatic rings. The first-order chi connectivity index (χ1) is 13.5. The number of aryl methyl sites for hydroxylation is 1. The molecule has 8 heteroatoms. The van der Waals surface area contributed by atoms with Crippen molar-refractivity contribution in [2.24, 2.45) is 5.92 Å². The van der Waals surface area contributed by atoms with Gasteiger partial charge in [0.1, 0.15) is 5.82 Å². The number of pyridine rings is 1. The Kier molecular flexibility index (Phi) is 5.68.